The van der Waals surface area contributed by atoms with Crippen LogP contribution >= 0.6 is 0 Å². The molecule has 0 aliphatic rings. The second-order valence-electron chi connectivity index (χ2n) is 5.53. The largest absolute Gasteiger partial charge is 0.399 e. The van der Waals surface area contributed by atoms with Gasteiger partial charge in [0.25, 0.3) is 5.91 Å². The topological polar surface area (TPSA) is 84.2 Å². The monoisotopic (exact) mass is 325 g/mol. The van der Waals surface area contributed by atoms with E-state index in [1.807, 2.05) is 43.3 Å². The molecule has 0 atom stereocenters. The lowest BCUT2D eigenvalue weighted by atomic mass is 10.1. The molecular formula is C19H23N3O2. The van der Waals surface area contributed by atoms with Crippen molar-refractivity contribution in [2.24, 2.45) is 0 Å². The molecule has 2 rings (SSSR count). The van der Waals surface area contributed by atoms with E-state index in [1.54, 1.807) is 12.1 Å². The van der Waals surface area contributed by atoms with Crippen LogP contribution in [0.5, 0.6) is 0 Å². The Kier molecular flexibility index (Phi) is 6.37. The van der Waals surface area contributed by atoms with Crippen LogP contribution in [0.15, 0.2) is 48.5 Å². The summed E-state index contributed by atoms with van der Waals surface area (Å²) >= 11 is 0. The third-order valence-electron chi connectivity index (χ3n) is 3.72. The molecule has 0 saturated carbocycles. The van der Waals surface area contributed by atoms with Gasteiger partial charge in [-0.1, -0.05) is 30.3 Å². The summed E-state index contributed by atoms with van der Waals surface area (Å²) < 4.78 is 0. The van der Waals surface area contributed by atoms with Crippen molar-refractivity contribution in [1.29, 1.82) is 0 Å². The van der Waals surface area contributed by atoms with Crippen LogP contribution in [-0.2, 0) is 17.8 Å². The van der Waals surface area contributed by atoms with Gasteiger partial charge < -0.3 is 16.4 Å². The van der Waals surface area contributed by atoms with Crippen LogP contribution in [-0.4, -0.2) is 18.4 Å². The molecule has 0 spiro atoms. The number of aryl methyl sites for hydroxylation is 1. The minimum Gasteiger partial charge on any atom is -0.399 e. The summed E-state index contributed by atoms with van der Waals surface area (Å²) in [5.41, 5.74) is 9.14. The molecule has 0 fully saturated rings. The zero-order valence-electron chi connectivity index (χ0n) is 13.8. The van der Waals surface area contributed by atoms with E-state index in [0.29, 0.717) is 37.2 Å². The van der Waals surface area contributed by atoms with Gasteiger partial charge in [-0.2, -0.15) is 0 Å². The predicted molar refractivity (Wildman–Crippen MR) is 95.5 cm³/mol. The van der Waals surface area contributed by atoms with Crippen LogP contribution in [0.1, 0.15) is 34.8 Å². The molecule has 2 amide bonds. The number of benzene rings is 2. The van der Waals surface area contributed by atoms with Crippen molar-refractivity contribution in [1.82, 2.24) is 10.6 Å². The first kappa shape index (κ1) is 17.5. The average molecular weight is 325 g/mol. The standard InChI is InChI=1S/C19H23N3O2/c1-2-21-19(24)16-9-7-14(8-10-16)13-22-18(23)12-11-15-5-3-4-6-17(15)20/h3-10H,2,11-13,20H2,1H3,(H,21,24)(H,22,23). The molecule has 24 heavy (non-hydrogen) atoms. The lowest BCUT2D eigenvalue weighted by molar-refractivity contribution is -0.121. The zero-order chi connectivity index (χ0) is 17.4. The summed E-state index contributed by atoms with van der Waals surface area (Å²) in [4.78, 5) is 23.6. The fourth-order valence-electron chi connectivity index (χ4n) is 2.34. The lowest BCUT2D eigenvalue weighted by Gasteiger charge is -2.08. The molecule has 5 nitrogen and oxygen atoms in total. The maximum absolute atomic E-state index is 11.9. The Labute approximate surface area is 142 Å². The smallest absolute Gasteiger partial charge is 0.251 e. The number of carbonyl (C=O) groups is 2. The number of anilines is 1. The molecule has 126 valence electrons. The first-order chi connectivity index (χ1) is 11.6. The van der Waals surface area contributed by atoms with Crippen LogP contribution in [0.25, 0.3) is 0 Å². The third kappa shape index (κ3) is 5.12. The van der Waals surface area contributed by atoms with Crippen LogP contribution in [0.3, 0.4) is 0 Å². The number of para-hydroxylation sites is 1. The third-order valence-corrected chi connectivity index (χ3v) is 3.72. The summed E-state index contributed by atoms with van der Waals surface area (Å²) in [5.74, 6) is -0.111. The van der Waals surface area contributed by atoms with Crippen molar-refractivity contribution in [2.45, 2.75) is 26.3 Å². The summed E-state index contributed by atoms with van der Waals surface area (Å²) in [6.07, 6.45) is 1.01. The van der Waals surface area contributed by atoms with Gasteiger partial charge in [0.05, 0.1) is 0 Å². The highest BCUT2D eigenvalue weighted by molar-refractivity contribution is 5.94. The predicted octanol–water partition coefficient (Wildman–Crippen LogP) is 2.27. The Morgan fingerprint density at radius 1 is 1.00 bits per heavy atom. The summed E-state index contributed by atoms with van der Waals surface area (Å²) in [6.45, 7) is 2.92. The van der Waals surface area contributed by atoms with E-state index in [-0.39, 0.29) is 11.8 Å². The SMILES string of the molecule is CCNC(=O)c1ccc(CNC(=O)CCc2ccccc2N)cc1. The van der Waals surface area contributed by atoms with E-state index in [4.69, 9.17) is 5.73 Å². The summed E-state index contributed by atoms with van der Waals surface area (Å²) in [7, 11) is 0. The zero-order valence-corrected chi connectivity index (χ0v) is 13.8. The van der Waals surface area contributed by atoms with Gasteiger partial charge in [-0.3, -0.25) is 9.59 Å². The lowest BCUT2D eigenvalue weighted by Crippen LogP contribution is -2.24. The molecule has 2 aromatic rings. The average Bonchev–Trinajstić information content (AvgIpc) is 2.60. The summed E-state index contributed by atoms with van der Waals surface area (Å²) in [5, 5.41) is 5.63. The first-order valence-electron chi connectivity index (χ1n) is 8.07. The van der Waals surface area contributed by atoms with Crippen LogP contribution < -0.4 is 16.4 Å². The second kappa shape index (κ2) is 8.72. The maximum Gasteiger partial charge on any atom is 0.251 e. The number of nitrogens with one attached hydrogen (secondary N) is 2. The molecule has 0 heterocycles. The number of rotatable bonds is 7. The van der Waals surface area contributed by atoms with Gasteiger partial charge in [-0.05, 0) is 42.7 Å². The van der Waals surface area contributed by atoms with Crippen molar-refractivity contribution in [3.05, 3.63) is 65.2 Å². The van der Waals surface area contributed by atoms with E-state index >= 15 is 0 Å². The Morgan fingerprint density at radius 2 is 1.71 bits per heavy atom. The van der Waals surface area contributed by atoms with Crippen molar-refractivity contribution in [3.63, 3.8) is 0 Å². The highest BCUT2D eigenvalue weighted by atomic mass is 16.2. The molecule has 0 aliphatic carbocycles. The van der Waals surface area contributed by atoms with E-state index in [1.165, 1.54) is 0 Å². The Hall–Kier alpha value is -2.82. The first-order valence-corrected chi connectivity index (χ1v) is 8.07. The van der Waals surface area contributed by atoms with Crippen LogP contribution in [0.4, 0.5) is 5.69 Å². The molecule has 5 heteroatoms. The number of carbonyl (C=O) groups excluding carboxylic acids is 2. The van der Waals surface area contributed by atoms with Crippen LogP contribution in [0, 0.1) is 0 Å². The molecule has 4 N–H and O–H groups in total. The molecular weight excluding hydrogens is 302 g/mol. The van der Waals surface area contributed by atoms with Gasteiger partial charge in [-0.25, -0.2) is 0 Å². The van der Waals surface area contributed by atoms with Gasteiger partial charge in [0.1, 0.15) is 0 Å². The summed E-state index contributed by atoms with van der Waals surface area (Å²) in [6, 6.07) is 14.8. The van der Waals surface area contributed by atoms with Crippen molar-refractivity contribution < 1.29 is 9.59 Å². The highest BCUT2D eigenvalue weighted by Gasteiger charge is 2.06. The van der Waals surface area contributed by atoms with E-state index in [0.717, 1.165) is 11.1 Å². The Balaban J connectivity index is 1.79. The minimum absolute atomic E-state index is 0.0222. The fraction of sp³-hybridized carbons (Fsp3) is 0.263. The number of amides is 2. The molecule has 2 aromatic carbocycles. The molecule has 0 aromatic heterocycles. The molecule has 0 radical (unpaired) electrons. The number of nitrogen functional groups attached to an aromatic ring is 1. The molecule has 0 saturated heterocycles. The highest BCUT2D eigenvalue weighted by Crippen LogP contribution is 2.12. The van der Waals surface area contributed by atoms with Gasteiger partial charge >= 0.3 is 0 Å². The number of nitrogens with two attached hydrogens (primary N) is 1. The van der Waals surface area contributed by atoms with E-state index in [9.17, 15) is 9.59 Å². The van der Waals surface area contributed by atoms with E-state index < -0.39 is 0 Å². The fourth-order valence-corrected chi connectivity index (χ4v) is 2.34. The number of hydrogen-bond acceptors (Lipinski definition) is 3. The van der Waals surface area contributed by atoms with Crippen LogP contribution in [0.2, 0.25) is 0 Å². The van der Waals surface area contributed by atoms with Gasteiger partial charge in [0.2, 0.25) is 5.91 Å². The Morgan fingerprint density at radius 3 is 2.38 bits per heavy atom. The molecule has 0 aliphatic heterocycles. The maximum atomic E-state index is 11.9. The normalized spacial score (nSPS) is 10.2. The van der Waals surface area contributed by atoms with Crippen molar-refractivity contribution >= 4 is 17.5 Å². The van der Waals surface area contributed by atoms with Crippen molar-refractivity contribution in [3.8, 4) is 0 Å². The van der Waals surface area contributed by atoms with Gasteiger partial charge in [0, 0.05) is 30.8 Å². The second-order valence-corrected chi connectivity index (χ2v) is 5.53. The molecule has 0 unspecified atom stereocenters. The molecule has 0 bridgehead atoms. The van der Waals surface area contributed by atoms with Crippen molar-refractivity contribution in [2.75, 3.05) is 12.3 Å². The van der Waals surface area contributed by atoms with Gasteiger partial charge in [-0.15, -0.1) is 0 Å². The minimum atomic E-state index is -0.0893. The Bertz CT molecular complexity index is 696. The quantitative estimate of drug-likeness (QED) is 0.683. The number of hydrogen-bond donors (Lipinski definition) is 3. The van der Waals surface area contributed by atoms with Gasteiger partial charge in [0.15, 0.2) is 0 Å². The van der Waals surface area contributed by atoms with E-state index in [2.05, 4.69) is 10.6 Å².